The number of benzene rings is 2. The van der Waals surface area contributed by atoms with E-state index in [1.807, 2.05) is 31.2 Å². The summed E-state index contributed by atoms with van der Waals surface area (Å²) in [6.45, 7) is 1.93. The van der Waals surface area contributed by atoms with Crippen molar-refractivity contribution in [2.75, 3.05) is 5.32 Å². The molecule has 0 aliphatic heterocycles. The van der Waals surface area contributed by atoms with Crippen molar-refractivity contribution in [3.63, 3.8) is 0 Å². The van der Waals surface area contributed by atoms with Crippen LogP contribution in [0.25, 0.3) is 17.4 Å². The summed E-state index contributed by atoms with van der Waals surface area (Å²) in [5.41, 5.74) is 2.43. The van der Waals surface area contributed by atoms with Crippen molar-refractivity contribution < 1.29 is 14.3 Å². The first-order chi connectivity index (χ1) is 14.2. The van der Waals surface area contributed by atoms with Crippen molar-refractivity contribution in [1.82, 2.24) is 5.32 Å². The van der Waals surface area contributed by atoms with Gasteiger partial charge in [0.15, 0.2) is 5.11 Å². The van der Waals surface area contributed by atoms with Gasteiger partial charge in [0.25, 0.3) is 0 Å². The zero-order valence-corrected chi connectivity index (χ0v) is 20.2. The van der Waals surface area contributed by atoms with Gasteiger partial charge < -0.3 is 14.8 Å². The van der Waals surface area contributed by atoms with E-state index in [2.05, 4.69) is 42.5 Å². The van der Waals surface area contributed by atoms with Crippen LogP contribution in [-0.2, 0) is 4.79 Å². The molecule has 0 bridgehead atoms. The fourth-order valence-electron chi connectivity index (χ4n) is 2.46. The number of halogens is 3. The van der Waals surface area contributed by atoms with Gasteiger partial charge in [0.1, 0.15) is 17.3 Å². The van der Waals surface area contributed by atoms with Crippen molar-refractivity contribution in [3.05, 3.63) is 73.8 Å². The number of aryl methyl sites for hydroxylation is 1. The highest BCUT2D eigenvalue weighted by Crippen LogP contribution is 2.35. The van der Waals surface area contributed by atoms with Gasteiger partial charge in [-0.3, -0.25) is 10.1 Å². The molecule has 0 aliphatic carbocycles. The van der Waals surface area contributed by atoms with Crippen molar-refractivity contribution in [2.24, 2.45) is 0 Å². The average molecular weight is 571 g/mol. The molecular formula is C21H15Br2ClN2O3S. The lowest BCUT2D eigenvalue weighted by molar-refractivity contribution is -0.115. The van der Waals surface area contributed by atoms with Gasteiger partial charge in [-0.25, -0.2) is 0 Å². The molecule has 3 aromatic rings. The van der Waals surface area contributed by atoms with Gasteiger partial charge in [0.2, 0.25) is 5.91 Å². The Kier molecular flexibility index (Phi) is 7.36. The highest BCUT2D eigenvalue weighted by Gasteiger charge is 2.09. The van der Waals surface area contributed by atoms with E-state index < -0.39 is 5.91 Å². The SMILES string of the molecule is Cc1ccc(-c2ccc(/C=C/C(=O)NC(=S)Nc3cc(Br)c(O)c(Br)c3)o2)cc1Cl. The number of carbonyl (C=O) groups is 1. The average Bonchev–Trinajstić information content (AvgIpc) is 3.15. The number of carbonyl (C=O) groups excluding carboxylic acids is 1. The predicted octanol–water partition coefficient (Wildman–Crippen LogP) is 6.67. The van der Waals surface area contributed by atoms with E-state index in [-0.39, 0.29) is 10.9 Å². The zero-order chi connectivity index (χ0) is 21.8. The summed E-state index contributed by atoms with van der Waals surface area (Å²) in [4.78, 5) is 12.1. The van der Waals surface area contributed by atoms with Crippen LogP contribution < -0.4 is 10.6 Å². The quantitative estimate of drug-likeness (QED) is 0.186. The van der Waals surface area contributed by atoms with E-state index in [0.29, 0.717) is 31.2 Å². The molecule has 154 valence electrons. The zero-order valence-electron chi connectivity index (χ0n) is 15.5. The van der Waals surface area contributed by atoms with Crippen LogP contribution in [0.1, 0.15) is 11.3 Å². The maximum Gasteiger partial charge on any atom is 0.250 e. The summed E-state index contributed by atoms with van der Waals surface area (Å²) >= 11 is 17.8. The van der Waals surface area contributed by atoms with Crippen LogP contribution >= 0.6 is 55.7 Å². The van der Waals surface area contributed by atoms with E-state index in [1.54, 1.807) is 24.3 Å². The number of aromatic hydroxyl groups is 1. The van der Waals surface area contributed by atoms with E-state index in [0.717, 1.165) is 11.1 Å². The van der Waals surface area contributed by atoms with Crippen molar-refractivity contribution in [1.29, 1.82) is 0 Å². The van der Waals surface area contributed by atoms with Crippen LogP contribution in [0, 0.1) is 6.92 Å². The van der Waals surface area contributed by atoms with Gasteiger partial charge in [-0.05, 0) is 93.0 Å². The Hall–Kier alpha value is -2.13. The summed E-state index contributed by atoms with van der Waals surface area (Å²) in [6.07, 6.45) is 2.87. The molecule has 30 heavy (non-hydrogen) atoms. The molecule has 9 heteroatoms. The molecule has 0 fully saturated rings. The second-order valence-electron chi connectivity index (χ2n) is 6.23. The molecule has 0 unspecified atom stereocenters. The lowest BCUT2D eigenvalue weighted by Gasteiger charge is -2.10. The van der Waals surface area contributed by atoms with Gasteiger partial charge in [-0.15, -0.1) is 0 Å². The van der Waals surface area contributed by atoms with Crippen LogP contribution in [0.3, 0.4) is 0 Å². The number of nitrogens with one attached hydrogen (secondary N) is 2. The third kappa shape index (κ3) is 5.72. The van der Waals surface area contributed by atoms with E-state index in [4.69, 9.17) is 28.2 Å². The molecule has 1 amide bonds. The largest absolute Gasteiger partial charge is 0.506 e. The molecule has 3 N–H and O–H groups in total. The minimum atomic E-state index is -0.416. The van der Waals surface area contributed by atoms with Crippen molar-refractivity contribution in [2.45, 2.75) is 6.92 Å². The standard InChI is InChI=1S/C21H15Br2ClN2O3S/c1-11-2-3-12(8-17(11)24)18-6-4-14(29-18)5-7-19(27)26-21(30)25-13-9-15(22)20(28)16(23)10-13/h2-10,28H,1H3,(H2,25,26,27,30)/b7-5+. The molecule has 0 saturated carbocycles. The van der Waals surface area contributed by atoms with Crippen LogP contribution in [0.4, 0.5) is 5.69 Å². The minimum Gasteiger partial charge on any atom is -0.506 e. The number of anilines is 1. The summed E-state index contributed by atoms with van der Waals surface area (Å²) in [7, 11) is 0. The summed E-state index contributed by atoms with van der Waals surface area (Å²) in [6, 6.07) is 12.5. The van der Waals surface area contributed by atoms with Crippen molar-refractivity contribution >= 4 is 78.5 Å². The summed E-state index contributed by atoms with van der Waals surface area (Å²) < 4.78 is 6.71. The minimum absolute atomic E-state index is 0.0733. The number of phenols is 1. The van der Waals surface area contributed by atoms with Crippen LogP contribution in [0.2, 0.25) is 5.02 Å². The normalized spacial score (nSPS) is 10.9. The molecule has 5 nitrogen and oxygen atoms in total. The Labute approximate surface area is 200 Å². The lowest BCUT2D eigenvalue weighted by atomic mass is 10.1. The first-order valence-electron chi connectivity index (χ1n) is 8.57. The first kappa shape index (κ1) is 22.6. The van der Waals surface area contributed by atoms with Gasteiger partial charge in [-0.1, -0.05) is 23.7 Å². The second kappa shape index (κ2) is 9.78. The summed E-state index contributed by atoms with van der Waals surface area (Å²) in [5.74, 6) is 0.824. The molecule has 0 atom stereocenters. The van der Waals surface area contributed by atoms with E-state index >= 15 is 0 Å². The maximum atomic E-state index is 12.1. The van der Waals surface area contributed by atoms with Gasteiger partial charge in [0.05, 0.1) is 8.95 Å². The highest BCUT2D eigenvalue weighted by molar-refractivity contribution is 9.11. The number of hydrogen-bond donors (Lipinski definition) is 3. The van der Waals surface area contributed by atoms with E-state index in [9.17, 15) is 9.90 Å². The van der Waals surface area contributed by atoms with Gasteiger partial charge in [0, 0.05) is 22.3 Å². The van der Waals surface area contributed by atoms with Gasteiger partial charge in [-0.2, -0.15) is 0 Å². The highest BCUT2D eigenvalue weighted by atomic mass is 79.9. The second-order valence-corrected chi connectivity index (χ2v) is 8.76. The number of furan rings is 1. The number of phenolic OH excluding ortho intramolecular Hbond substituents is 1. The van der Waals surface area contributed by atoms with Gasteiger partial charge >= 0.3 is 0 Å². The smallest absolute Gasteiger partial charge is 0.250 e. The fourth-order valence-corrected chi connectivity index (χ4v) is 4.04. The molecule has 1 heterocycles. The molecule has 0 radical (unpaired) electrons. The Balaban J connectivity index is 1.60. The molecule has 0 aliphatic rings. The Morgan fingerprint density at radius 1 is 1.17 bits per heavy atom. The third-order valence-corrected chi connectivity index (χ3v) is 5.81. The Morgan fingerprint density at radius 2 is 1.87 bits per heavy atom. The predicted molar refractivity (Wildman–Crippen MR) is 131 cm³/mol. The lowest BCUT2D eigenvalue weighted by Crippen LogP contribution is -2.32. The fraction of sp³-hybridized carbons (Fsp3) is 0.0476. The molecule has 1 aromatic heterocycles. The summed E-state index contributed by atoms with van der Waals surface area (Å²) in [5, 5.41) is 15.9. The number of amides is 1. The molecule has 3 rings (SSSR count). The first-order valence-corrected chi connectivity index (χ1v) is 10.9. The molecular weight excluding hydrogens is 556 g/mol. The number of rotatable bonds is 4. The molecule has 0 saturated heterocycles. The number of thiocarbonyl (C=S) groups is 1. The van der Waals surface area contributed by atoms with Crippen LogP contribution in [0.5, 0.6) is 5.75 Å². The van der Waals surface area contributed by atoms with Crippen LogP contribution in [0.15, 0.2) is 61.9 Å². The Morgan fingerprint density at radius 3 is 2.53 bits per heavy atom. The number of hydrogen-bond acceptors (Lipinski definition) is 4. The van der Waals surface area contributed by atoms with Crippen LogP contribution in [-0.4, -0.2) is 16.1 Å². The van der Waals surface area contributed by atoms with Crippen molar-refractivity contribution in [3.8, 4) is 17.1 Å². The topological polar surface area (TPSA) is 74.5 Å². The third-order valence-electron chi connectivity index (χ3n) is 3.99. The van der Waals surface area contributed by atoms with E-state index in [1.165, 1.54) is 6.08 Å². The molecule has 0 spiro atoms. The molecule has 2 aromatic carbocycles. The maximum absolute atomic E-state index is 12.1. The Bertz CT molecular complexity index is 1140. The monoisotopic (exact) mass is 568 g/mol.